The molecule has 22 heteroatoms. The number of rotatable bonds is 27. The quantitative estimate of drug-likeness (QED) is 0.0351. The Labute approximate surface area is 416 Å². The first-order chi connectivity index (χ1) is 33.3. The number of aromatic hydroxyl groups is 1. The Morgan fingerprint density at radius 2 is 1.01 bits per heavy atom. The van der Waals surface area contributed by atoms with Crippen LogP contribution in [0.1, 0.15) is 50.3 Å². The number of aromatic nitrogens is 1. The van der Waals surface area contributed by atoms with Crippen molar-refractivity contribution in [2.75, 3.05) is 18.1 Å². The molecule has 8 atom stereocenters. The fraction of sp³-hybridized carbons (Fsp3) is 0.417. The van der Waals surface area contributed by atoms with Crippen LogP contribution in [0.5, 0.6) is 5.75 Å². The fourth-order valence-electron chi connectivity index (χ4n) is 7.28. The van der Waals surface area contributed by atoms with Crippen LogP contribution < -0.4 is 48.7 Å². The Kier molecular flexibility index (Phi) is 22.0. The molecule has 0 radical (unpaired) electrons. The van der Waals surface area contributed by atoms with E-state index in [0.29, 0.717) is 16.7 Å². The van der Waals surface area contributed by atoms with Crippen molar-refractivity contribution in [3.8, 4) is 5.75 Å². The van der Waals surface area contributed by atoms with Gasteiger partial charge in [-0.05, 0) is 67.1 Å². The lowest BCUT2D eigenvalue weighted by atomic mass is 10.0. The molecule has 0 saturated carbocycles. The van der Waals surface area contributed by atoms with Gasteiger partial charge in [0.1, 0.15) is 48.0 Å². The van der Waals surface area contributed by atoms with Gasteiger partial charge in [0.05, 0.1) is 6.04 Å². The number of hydrogen-bond acceptors (Lipinski definition) is 13. The number of phenolic OH excluding ortho intramolecular Hbond substituents is 1. The van der Waals surface area contributed by atoms with E-state index in [2.05, 4.69) is 67.5 Å². The lowest BCUT2D eigenvalue weighted by Crippen LogP contribution is -2.61. The van der Waals surface area contributed by atoms with Crippen molar-refractivity contribution < 1.29 is 48.6 Å². The molecule has 0 bridgehead atoms. The molecular formula is C48H64N10O10S2. The van der Waals surface area contributed by atoms with E-state index in [-0.39, 0.29) is 55.9 Å². The predicted octanol–water partition coefficient (Wildman–Crippen LogP) is -0.0187. The Hall–Kier alpha value is -6.62. The summed E-state index contributed by atoms with van der Waals surface area (Å²) in [6.45, 7) is 4.76. The average molecular weight is 1010 g/mol. The van der Waals surface area contributed by atoms with E-state index in [1.54, 1.807) is 50.4 Å². The summed E-state index contributed by atoms with van der Waals surface area (Å²) in [5, 5.41) is 38.8. The van der Waals surface area contributed by atoms with Gasteiger partial charge in [0.15, 0.2) is 0 Å². The van der Waals surface area contributed by atoms with Crippen molar-refractivity contribution in [2.24, 2.45) is 17.4 Å². The van der Waals surface area contributed by atoms with Gasteiger partial charge in [-0.2, -0.15) is 25.3 Å². The molecular weight excluding hydrogens is 941 g/mol. The molecule has 14 N–H and O–H groups in total. The number of fused-ring (bicyclic) bond motifs is 1. The SMILES string of the molecule is CC(C)[C@H](NC(=O)[C@H](CS)NC(=O)[C@H](Cc1ccc(O)cc1)NC(=O)[C@H](CCCN)NC(=O)[C@H](Cc1c[nH]c2ccccc12)NC(=O)[C@H](Cc1ccccc1)NC(=O)[C@H](CS)NC(=O)[C@H](C)N)C(=O)O. The lowest BCUT2D eigenvalue weighted by Gasteiger charge is -2.28. The third-order valence-electron chi connectivity index (χ3n) is 11.3. The summed E-state index contributed by atoms with van der Waals surface area (Å²) in [7, 11) is 0. The minimum Gasteiger partial charge on any atom is -0.508 e. The van der Waals surface area contributed by atoms with Gasteiger partial charge < -0.3 is 63.9 Å². The van der Waals surface area contributed by atoms with E-state index in [1.807, 2.05) is 24.3 Å². The van der Waals surface area contributed by atoms with Crippen molar-refractivity contribution in [2.45, 2.75) is 101 Å². The van der Waals surface area contributed by atoms with Gasteiger partial charge in [-0.25, -0.2) is 4.79 Å². The minimum atomic E-state index is -1.40. The third kappa shape index (κ3) is 16.8. The summed E-state index contributed by atoms with van der Waals surface area (Å²) < 4.78 is 0. The maximum atomic E-state index is 14.6. The normalized spacial score (nSPS) is 14.6. The molecule has 4 aromatic rings. The number of H-pyrrole nitrogens is 1. The van der Waals surface area contributed by atoms with Gasteiger partial charge in [-0.3, -0.25) is 33.6 Å². The van der Waals surface area contributed by atoms with Gasteiger partial charge in [0, 0.05) is 47.9 Å². The highest BCUT2D eigenvalue weighted by atomic mass is 32.1. The molecule has 0 aliphatic heterocycles. The fourth-order valence-corrected chi connectivity index (χ4v) is 7.79. The molecule has 0 aliphatic carbocycles. The van der Waals surface area contributed by atoms with Crippen molar-refractivity contribution in [3.63, 3.8) is 0 Å². The van der Waals surface area contributed by atoms with Crippen LogP contribution in [0.25, 0.3) is 10.9 Å². The number of nitrogens with two attached hydrogens (primary N) is 2. The number of hydrogen-bond donors (Lipinski definition) is 14. The van der Waals surface area contributed by atoms with E-state index in [9.17, 15) is 48.6 Å². The van der Waals surface area contributed by atoms with E-state index in [0.717, 1.165) is 10.9 Å². The predicted molar refractivity (Wildman–Crippen MR) is 270 cm³/mol. The van der Waals surface area contributed by atoms with Gasteiger partial charge in [0.2, 0.25) is 41.4 Å². The van der Waals surface area contributed by atoms with Crippen molar-refractivity contribution in [3.05, 3.63) is 102 Å². The van der Waals surface area contributed by atoms with Crippen LogP contribution in [0, 0.1) is 5.92 Å². The van der Waals surface area contributed by atoms with Crippen LogP contribution in [0.3, 0.4) is 0 Å². The van der Waals surface area contributed by atoms with Gasteiger partial charge in [0.25, 0.3) is 0 Å². The molecule has 7 amide bonds. The van der Waals surface area contributed by atoms with Crippen LogP contribution in [-0.4, -0.2) is 129 Å². The van der Waals surface area contributed by atoms with Gasteiger partial charge in [-0.1, -0.05) is 74.5 Å². The Bertz CT molecular complexity index is 2420. The number of carbonyl (C=O) groups excluding carboxylic acids is 7. The van der Waals surface area contributed by atoms with Crippen molar-refractivity contribution >= 4 is 83.5 Å². The molecule has 70 heavy (non-hydrogen) atoms. The molecule has 0 saturated heterocycles. The number of aromatic amines is 1. The molecule has 0 aliphatic rings. The lowest BCUT2D eigenvalue weighted by molar-refractivity contribution is -0.143. The van der Waals surface area contributed by atoms with Gasteiger partial charge in [-0.15, -0.1) is 0 Å². The number of benzene rings is 3. The van der Waals surface area contributed by atoms with E-state index in [4.69, 9.17) is 11.5 Å². The van der Waals surface area contributed by atoms with Crippen LogP contribution in [0.2, 0.25) is 0 Å². The second-order valence-electron chi connectivity index (χ2n) is 17.1. The molecule has 3 aromatic carbocycles. The molecule has 0 spiro atoms. The topological polar surface area (TPSA) is 329 Å². The summed E-state index contributed by atoms with van der Waals surface area (Å²) in [6, 6.07) is 11.8. The first kappa shape index (κ1) is 56.0. The van der Waals surface area contributed by atoms with Crippen LogP contribution in [0.4, 0.5) is 0 Å². The summed E-state index contributed by atoms with van der Waals surface area (Å²) in [6.07, 6.45) is 1.62. The number of thiol groups is 2. The monoisotopic (exact) mass is 1000 g/mol. The summed E-state index contributed by atoms with van der Waals surface area (Å²) >= 11 is 8.45. The summed E-state index contributed by atoms with van der Waals surface area (Å²) in [5.74, 6) is -7.61. The maximum absolute atomic E-state index is 14.6. The minimum absolute atomic E-state index is 0.0201. The molecule has 378 valence electrons. The van der Waals surface area contributed by atoms with Crippen LogP contribution >= 0.6 is 25.3 Å². The zero-order valence-corrected chi connectivity index (χ0v) is 40.9. The van der Waals surface area contributed by atoms with Crippen LogP contribution in [-0.2, 0) is 57.6 Å². The Balaban J connectivity index is 1.67. The molecule has 1 aromatic heterocycles. The first-order valence-corrected chi connectivity index (χ1v) is 24.0. The smallest absolute Gasteiger partial charge is 0.326 e. The number of phenols is 1. The van der Waals surface area contributed by atoms with Crippen molar-refractivity contribution in [1.29, 1.82) is 0 Å². The zero-order chi connectivity index (χ0) is 51.5. The Morgan fingerprint density at radius 3 is 1.53 bits per heavy atom. The number of carboxylic acids is 1. The number of nitrogens with one attached hydrogen (secondary N) is 8. The number of carboxylic acid groups (broad SMARTS) is 1. The zero-order valence-electron chi connectivity index (χ0n) is 39.1. The second-order valence-corrected chi connectivity index (χ2v) is 17.9. The number of carbonyl (C=O) groups is 8. The molecule has 1 heterocycles. The third-order valence-corrected chi connectivity index (χ3v) is 12.0. The van der Waals surface area contributed by atoms with Crippen LogP contribution in [0.15, 0.2) is 85.1 Å². The highest BCUT2D eigenvalue weighted by Gasteiger charge is 2.35. The second kappa shape index (κ2) is 27.5. The number of amides is 7. The van der Waals surface area contributed by atoms with E-state index < -0.39 is 102 Å². The van der Waals surface area contributed by atoms with E-state index in [1.165, 1.54) is 31.2 Å². The van der Waals surface area contributed by atoms with Gasteiger partial charge >= 0.3 is 5.97 Å². The average Bonchev–Trinajstić information content (AvgIpc) is 3.74. The van der Waals surface area contributed by atoms with E-state index >= 15 is 0 Å². The summed E-state index contributed by atoms with van der Waals surface area (Å²) in [4.78, 5) is 112. The highest BCUT2D eigenvalue weighted by Crippen LogP contribution is 2.20. The number of para-hydroxylation sites is 1. The highest BCUT2D eigenvalue weighted by molar-refractivity contribution is 7.80. The number of aliphatic carboxylic acids is 1. The standard InChI is InChI=1S/C48H64N10O10S2/c1-26(2)40(48(67)68)58-47(66)39(25-70)57-44(63)36(21-29-15-17-31(59)18-16-29)53-42(61)34(14-9-19-49)52-45(64)37(22-30-23-51-33-13-8-7-12-32(30)33)55-43(62)35(20-28-10-5-4-6-11-28)54-46(65)38(24-69)56-41(60)27(3)50/h4-8,10-13,15-18,23,26-27,34-40,51,59,69-70H,9,14,19-22,24-25,49-50H2,1-3H3,(H,52,64)(H,53,61)(H,54,65)(H,55,62)(H,56,60)(H,57,63)(H,58,66)(H,67,68)/t27-,34-,35-,36-,37-,38-,39-,40-/m0/s1. The molecule has 4 rings (SSSR count). The largest absolute Gasteiger partial charge is 0.508 e. The molecule has 0 unspecified atom stereocenters. The maximum Gasteiger partial charge on any atom is 0.326 e. The molecule has 0 fully saturated rings. The Morgan fingerprint density at radius 1 is 0.571 bits per heavy atom. The summed E-state index contributed by atoms with van der Waals surface area (Å²) in [5.41, 5.74) is 14.1. The molecule has 20 nitrogen and oxygen atoms in total. The van der Waals surface area contributed by atoms with Crippen molar-refractivity contribution in [1.82, 2.24) is 42.2 Å². The first-order valence-electron chi connectivity index (χ1n) is 22.7.